The Labute approximate surface area is 102 Å². The van der Waals surface area contributed by atoms with E-state index in [9.17, 15) is 4.39 Å². The van der Waals surface area contributed by atoms with Gasteiger partial charge in [-0.3, -0.25) is 0 Å². The summed E-state index contributed by atoms with van der Waals surface area (Å²) in [5, 5.41) is 3.22. The van der Waals surface area contributed by atoms with Crippen molar-refractivity contribution >= 4 is 0 Å². The lowest BCUT2D eigenvalue weighted by Crippen LogP contribution is -2.36. The summed E-state index contributed by atoms with van der Waals surface area (Å²) in [5.41, 5.74) is 1.18. The minimum atomic E-state index is -1.09. The zero-order valence-corrected chi connectivity index (χ0v) is 10.2. The maximum atomic E-state index is 14.7. The van der Waals surface area contributed by atoms with Gasteiger partial charge in [-0.25, -0.2) is 4.39 Å². The first-order chi connectivity index (χ1) is 8.28. The predicted molar refractivity (Wildman–Crippen MR) is 67.9 cm³/mol. The van der Waals surface area contributed by atoms with E-state index in [0.717, 1.165) is 24.6 Å². The third kappa shape index (κ3) is 2.11. The first-order valence-electron chi connectivity index (χ1n) is 6.78. The van der Waals surface area contributed by atoms with Crippen molar-refractivity contribution in [2.45, 2.75) is 43.7 Å². The third-order valence-electron chi connectivity index (χ3n) is 4.40. The molecule has 1 aromatic rings. The zero-order valence-electron chi connectivity index (χ0n) is 10.2. The Balaban J connectivity index is 1.78. The number of halogens is 1. The fourth-order valence-electron chi connectivity index (χ4n) is 2.91. The highest BCUT2D eigenvalue weighted by atomic mass is 19.1. The van der Waals surface area contributed by atoms with Crippen LogP contribution < -0.4 is 5.32 Å². The summed E-state index contributed by atoms with van der Waals surface area (Å²) in [6.45, 7) is 1.59. The van der Waals surface area contributed by atoms with E-state index in [0.29, 0.717) is 12.8 Å². The van der Waals surface area contributed by atoms with Gasteiger partial charge in [0.25, 0.3) is 0 Å². The molecule has 2 heteroatoms. The molecule has 1 heterocycles. The molecule has 0 bridgehead atoms. The van der Waals surface area contributed by atoms with E-state index in [-0.39, 0.29) is 0 Å². The summed E-state index contributed by atoms with van der Waals surface area (Å²) in [7, 11) is 0. The Bertz CT molecular complexity index is 374. The molecule has 0 unspecified atom stereocenters. The Kier molecular flexibility index (Phi) is 2.91. The smallest absolute Gasteiger partial charge is 0.138 e. The monoisotopic (exact) mass is 233 g/mol. The van der Waals surface area contributed by atoms with Crippen molar-refractivity contribution < 1.29 is 4.39 Å². The van der Waals surface area contributed by atoms with E-state index in [1.54, 1.807) is 0 Å². The summed E-state index contributed by atoms with van der Waals surface area (Å²) >= 11 is 0. The Morgan fingerprint density at radius 3 is 2.24 bits per heavy atom. The highest BCUT2D eigenvalue weighted by Gasteiger charge is 2.33. The van der Waals surface area contributed by atoms with Crippen molar-refractivity contribution in [2.24, 2.45) is 0 Å². The maximum absolute atomic E-state index is 14.7. The number of benzene rings is 1. The van der Waals surface area contributed by atoms with Crippen molar-refractivity contribution in [3.8, 4) is 0 Å². The average molecular weight is 233 g/mol. The van der Waals surface area contributed by atoms with Crippen LogP contribution in [0.25, 0.3) is 0 Å². The molecule has 2 fully saturated rings. The summed E-state index contributed by atoms with van der Waals surface area (Å²) in [4.78, 5) is 0. The molecule has 1 aliphatic carbocycles. The van der Waals surface area contributed by atoms with Gasteiger partial charge in [-0.05, 0) is 55.8 Å². The van der Waals surface area contributed by atoms with Crippen LogP contribution >= 0.6 is 0 Å². The molecule has 0 atom stereocenters. The molecule has 0 amide bonds. The Morgan fingerprint density at radius 2 is 1.71 bits per heavy atom. The quantitative estimate of drug-likeness (QED) is 0.824. The molecule has 1 N–H and O–H groups in total. The molecule has 0 aromatic heterocycles. The zero-order chi connectivity index (χ0) is 11.7. The van der Waals surface area contributed by atoms with Crippen LogP contribution in [-0.2, 0) is 5.67 Å². The van der Waals surface area contributed by atoms with Gasteiger partial charge in [0, 0.05) is 0 Å². The molecular weight excluding hydrogens is 213 g/mol. The van der Waals surface area contributed by atoms with Crippen molar-refractivity contribution in [1.82, 2.24) is 5.32 Å². The van der Waals surface area contributed by atoms with Gasteiger partial charge >= 0.3 is 0 Å². The summed E-state index contributed by atoms with van der Waals surface area (Å²) in [5.74, 6) is 0.743. The molecule has 3 rings (SSSR count). The van der Waals surface area contributed by atoms with Crippen LogP contribution in [0.2, 0.25) is 0 Å². The van der Waals surface area contributed by atoms with E-state index in [1.807, 2.05) is 12.1 Å². The van der Waals surface area contributed by atoms with Crippen LogP contribution in [0.5, 0.6) is 0 Å². The number of hydrogen-bond acceptors (Lipinski definition) is 1. The van der Waals surface area contributed by atoms with Gasteiger partial charge in [-0.15, -0.1) is 0 Å². The molecule has 1 saturated heterocycles. The molecule has 1 aromatic carbocycles. The minimum Gasteiger partial charge on any atom is -0.316 e. The van der Waals surface area contributed by atoms with Crippen LogP contribution in [0.15, 0.2) is 24.3 Å². The highest BCUT2D eigenvalue weighted by Crippen LogP contribution is 2.39. The summed E-state index contributed by atoms with van der Waals surface area (Å²) in [6.07, 6.45) is 5.19. The van der Waals surface area contributed by atoms with Crippen LogP contribution in [-0.4, -0.2) is 13.1 Å². The van der Waals surface area contributed by atoms with Crippen LogP contribution in [0.4, 0.5) is 4.39 Å². The van der Waals surface area contributed by atoms with Crippen molar-refractivity contribution in [1.29, 1.82) is 0 Å². The maximum Gasteiger partial charge on any atom is 0.138 e. The lowest BCUT2D eigenvalue weighted by atomic mass is 9.79. The van der Waals surface area contributed by atoms with Gasteiger partial charge in [-0.1, -0.05) is 30.7 Å². The SMILES string of the molecule is FC1(c2ccc(C3CCC3)cc2)CCNCC1. The second-order valence-electron chi connectivity index (χ2n) is 5.47. The molecule has 17 heavy (non-hydrogen) atoms. The first-order valence-corrected chi connectivity index (χ1v) is 6.78. The number of alkyl halides is 1. The van der Waals surface area contributed by atoms with Crippen molar-refractivity contribution in [2.75, 3.05) is 13.1 Å². The van der Waals surface area contributed by atoms with E-state index >= 15 is 0 Å². The molecule has 1 nitrogen and oxygen atoms in total. The van der Waals surface area contributed by atoms with Gasteiger partial charge in [0.15, 0.2) is 0 Å². The first kappa shape index (κ1) is 11.2. The molecular formula is C15H20FN. The molecule has 0 spiro atoms. The van der Waals surface area contributed by atoms with Crippen LogP contribution in [0.3, 0.4) is 0 Å². The molecule has 1 aliphatic heterocycles. The summed E-state index contributed by atoms with van der Waals surface area (Å²) in [6, 6.07) is 8.31. The van der Waals surface area contributed by atoms with E-state index < -0.39 is 5.67 Å². The topological polar surface area (TPSA) is 12.0 Å². The van der Waals surface area contributed by atoms with Gasteiger partial charge < -0.3 is 5.32 Å². The van der Waals surface area contributed by atoms with Crippen molar-refractivity contribution in [3.63, 3.8) is 0 Å². The summed E-state index contributed by atoms with van der Waals surface area (Å²) < 4.78 is 14.7. The standard InChI is InChI=1S/C15H20FN/c16-15(8-10-17-11-9-15)14-6-4-13(5-7-14)12-2-1-3-12/h4-7,12,17H,1-3,8-11H2. The van der Waals surface area contributed by atoms with Gasteiger partial charge in [0.05, 0.1) is 0 Å². The normalized spacial score (nSPS) is 24.3. The third-order valence-corrected chi connectivity index (χ3v) is 4.40. The van der Waals surface area contributed by atoms with Gasteiger partial charge in [0.1, 0.15) is 5.67 Å². The number of piperidine rings is 1. The van der Waals surface area contributed by atoms with Crippen LogP contribution in [0, 0.1) is 0 Å². The Hall–Kier alpha value is -0.890. The average Bonchev–Trinajstić information content (AvgIpc) is 2.28. The molecule has 92 valence electrons. The lowest BCUT2D eigenvalue weighted by molar-refractivity contribution is 0.115. The largest absolute Gasteiger partial charge is 0.316 e. The number of hydrogen-bond donors (Lipinski definition) is 1. The molecule has 2 aliphatic rings. The van der Waals surface area contributed by atoms with Crippen LogP contribution in [0.1, 0.15) is 49.1 Å². The van der Waals surface area contributed by atoms with Gasteiger partial charge in [0.2, 0.25) is 0 Å². The van der Waals surface area contributed by atoms with E-state index in [4.69, 9.17) is 0 Å². The van der Waals surface area contributed by atoms with E-state index in [1.165, 1.54) is 24.8 Å². The molecule has 1 saturated carbocycles. The van der Waals surface area contributed by atoms with Crippen molar-refractivity contribution in [3.05, 3.63) is 35.4 Å². The number of rotatable bonds is 2. The second kappa shape index (κ2) is 4.41. The van der Waals surface area contributed by atoms with Gasteiger partial charge in [-0.2, -0.15) is 0 Å². The minimum absolute atomic E-state index is 0.607. The fourth-order valence-corrected chi connectivity index (χ4v) is 2.91. The predicted octanol–water partition coefficient (Wildman–Crippen LogP) is 3.50. The Morgan fingerprint density at radius 1 is 1.06 bits per heavy atom. The fraction of sp³-hybridized carbons (Fsp3) is 0.600. The molecule has 0 radical (unpaired) electrons. The highest BCUT2D eigenvalue weighted by molar-refractivity contribution is 5.30. The lowest BCUT2D eigenvalue weighted by Gasteiger charge is -2.31. The number of nitrogens with one attached hydrogen (secondary N) is 1. The van der Waals surface area contributed by atoms with E-state index in [2.05, 4.69) is 17.4 Å². The second-order valence-corrected chi connectivity index (χ2v) is 5.47.